The van der Waals surface area contributed by atoms with Crippen LogP contribution in [0.25, 0.3) is 11.0 Å². The third kappa shape index (κ3) is 2.09. The summed E-state index contributed by atoms with van der Waals surface area (Å²) in [4.78, 5) is 7.55. The number of alkyl halides is 1. The lowest BCUT2D eigenvalue weighted by atomic mass is 10.1. The number of para-hydroxylation sites is 1. The van der Waals surface area contributed by atoms with Crippen molar-refractivity contribution in [2.75, 3.05) is 19.0 Å². The Labute approximate surface area is 130 Å². The summed E-state index contributed by atoms with van der Waals surface area (Å²) in [6, 6.07) is 7.73. The van der Waals surface area contributed by atoms with Gasteiger partial charge in [-0.2, -0.15) is 0 Å². The van der Waals surface area contributed by atoms with Gasteiger partial charge in [0.2, 0.25) is 0 Å². The maximum atomic E-state index is 6.03. The first-order valence-electron chi connectivity index (χ1n) is 8.06. The summed E-state index contributed by atoms with van der Waals surface area (Å²) in [5.74, 6) is 1.82. The summed E-state index contributed by atoms with van der Waals surface area (Å²) in [6.45, 7) is 4.71. The highest BCUT2D eigenvalue weighted by atomic mass is 35.5. The standard InChI is InChI=1S/C17H22ClN3/c1-12-4-2-5-13-17(12)21(16(19-13)7-9-18)15-8-11-20-10-3-6-14(15)20/h2,4-5,14-15H,3,6-11H2,1H3. The lowest BCUT2D eigenvalue weighted by Gasteiger charge is -2.24. The molecule has 4 rings (SSSR count). The fraction of sp³-hybridized carbons (Fsp3) is 0.588. The minimum Gasteiger partial charge on any atom is -0.323 e. The van der Waals surface area contributed by atoms with Gasteiger partial charge < -0.3 is 4.57 Å². The van der Waals surface area contributed by atoms with E-state index in [0.717, 1.165) is 11.9 Å². The van der Waals surface area contributed by atoms with Gasteiger partial charge in [0.15, 0.2) is 0 Å². The van der Waals surface area contributed by atoms with Crippen molar-refractivity contribution in [2.45, 2.75) is 44.7 Å². The van der Waals surface area contributed by atoms with Gasteiger partial charge in [-0.25, -0.2) is 4.98 Å². The summed E-state index contributed by atoms with van der Waals surface area (Å²) in [5.41, 5.74) is 3.79. The van der Waals surface area contributed by atoms with E-state index in [1.165, 1.54) is 49.3 Å². The van der Waals surface area contributed by atoms with Gasteiger partial charge in [-0.15, -0.1) is 11.6 Å². The summed E-state index contributed by atoms with van der Waals surface area (Å²) < 4.78 is 2.53. The number of benzene rings is 1. The van der Waals surface area contributed by atoms with E-state index in [-0.39, 0.29) is 0 Å². The van der Waals surface area contributed by atoms with Crippen LogP contribution in [0, 0.1) is 6.92 Å². The van der Waals surface area contributed by atoms with Gasteiger partial charge in [0.1, 0.15) is 5.82 Å². The number of nitrogens with zero attached hydrogens (tertiary/aromatic N) is 3. The van der Waals surface area contributed by atoms with Crippen LogP contribution in [0.15, 0.2) is 18.2 Å². The Balaban J connectivity index is 1.87. The van der Waals surface area contributed by atoms with Crippen LogP contribution in [0.3, 0.4) is 0 Å². The Bertz CT molecular complexity index is 663. The van der Waals surface area contributed by atoms with Crippen LogP contribution >= 0.6 is 11.6 Å². The molecule has 1 aromatic carbocycles. The first-order valence-corrected chi connectivity index (χ1v) is 8.59. The molecule has 4 heteroatoms. The van der Waals surface area contributed by atoms with Crippen molar-refractivity contribution >= 4 is 22.6 Å². The predicted molar refractivity (Wildman–Crippen MR) is 87.1 cm³/mol. The number of imidazole rings is 1. The zero-order valence-electron chi connectivity index (χ0n) is 12.6. The molecule has 2 atom stereocenters. The molecule has 0 aliphatic carbocycles. The molecular formula is C17H22ClN3. The van der Waals surface area contributed by atoms with E-state index < -0.39 is 0 Å². The van der Waals surface area contributed by atoms with E-state index in [4.69, 9.17) is 16.6 Å². The highest BCUT2D eigenvalue weighted by Gasteiger charge is 2.39. The molecule has 2 fully saturated rings. The van der Waals surface area contributed by atoms with Gasteiger partial charge >= 0.3 is 0 Å². The molecular weight excluding hydrogens is 282 g/mol. The van der Waals surface area contributed by atoms with Crippen molar-refractivity contribution in [2.24, 2.45) is 0 Å². The molecule has 0 saturated carbocycles. The smallest absolute Gasteiger partial charge is 0.111 e. The quantitative estimate of drug-likeness (QED) is 0.809. The van der Waals surface area contributed by atoms with Crippen molar-refractivity contribution in [1.29, 1.82) is 0 Å². The SMILES string of the molecule is Cc1cccc2nc(CCCl)n(C3CCN4CCCC34)c12. The zero-order valence-corrected chi connectivity index (χ0v) is 13.3. The van der Waals surface area contributed by atoms with Gasteiger partial charge in [0, 0.05) is 24.9 Å². The Morgan fingerprint density at radius 1 is 1.24 bits per heavy atom. The molecule has 0 N–H and O–H groups in total. The maximum absolute atomic E-state index is 6.03. The van der Waals surface area contributed by atoms with Crippen molar-refractivity contribution in [1.82, 2.24) is 14.5 Å². The molecule has 0 amide bonds. The molecule has 2 aliphatic rings. The molecule has 0 bridgehead atoms. The number of aromatic nitrogens is 2. The summed E-state index contributed by atoms with van der Waals surface area (Å²) in [7, 11) is 0. The van der Waals surface area contributed by atoms with Gasteiger partial charge in [-0.05, 0) is 44.4 Å². The van der Waals surface area contributed by atoms with E-state index in [2.05, 4.69) is 34.6 Å². The molecule has 112 valence electrons. The van der Waals surface area contributed by atoms with Crippen LogP contribution in [0.2, 0.25) is 0 Å². The van der Waals surface area contributed by atoms with Crippen LogP contribution in [-0.2, 0) is 6.42 Å². The zero-order chi connectivity index (χ0) is 14.4. The molecule has 2 aliphatic heterocycles. The minimum atomic E-state index is 0.580. The van der Waals surface area contributed by atoms with Crippen molar-refractivity contribution in [3.63, 3.8) is 0 Å². The molecule has 21 heavy (non-hydrogen) atoms. The van der Waals surface area contributed by atoms with E-state index >= 15 is 0 Å². The largest absolute Gasteiger partial charge is 0.323 e. The van der Waals surface area contributed by atoms with Gasteiger partial charge in [0.25, 0.3) is 0 Å². The lowest BCUT2D eigenvalue weighted by molar-refractivity contribution is 0.290. The second-order valence-electron chi connectivity index (χ2n) is 6.38. The molecule has 0 spiro atoms. The van der Waals surface area contributed by atoms with E-state index in [1.54, 1.807) is 0 Å². The van der Waals surface area contributed by atoms with Gasteiger partial charge in [-0.1, -0.05) is 12.1 Å². The Kier molecular flexibility index (Phi) is 3.43. The first kappa shape index (κ1) is 13.6. The molecule has 2 aromatic rings. The van der Waals surface area contributed by atoms with Crippen LogP contribution in [0.1, 0.15) is 36.7 Å². The molecule has 1 aromatic heterocycles. The predicted octanol–water partition coefficient (Wildman–Crippen LogP) is 3.54. The highest BCUT2D eigenvalue weighted by molar-refractivity contribution is 6.17. The van der Waals surface area contributed by atoms with E-state index in [0.29, 0.717) is 18.0 Å². The highest BCUT2D eigenvalue weighted by Crippen LogP contribution is 2.39. The third-order valence-corrected chi connectivity index (χ3v) is 5.39. The molecule has 3 nitrogen and oxygen atoms in total. The molecule has 3 heterocycles. The normalized spacial score (nSPS) is 25.8. The Morgan fingerprint density at radius 3 is 3.00 bits per heavy atom. The van der Waals surface area contributed by atoms with Crippen molar-refractivity contribution in [3.8, 4) is 0 Å². The second kappa shape index (κ2) is 5.29. The Hall–Kier alpha value is -1.06. The number of fused-ring (bicyclic) bond motifs is 2. The molecule has 2 saturated heterocycles. The first-order chi connectivity index (χ1) is 10.3. The average Bonchev–Trinajstić information content (AvgIpc) is 3.13. The lowest BCUT2D eigenvalue weighted by Crippen LogP contribution is -2.28. The van der Waals surface area contributed by atoms with Crippen LogP contribution in [0.5, 0.6) is 0 Å². The van der Waals surface area contributed by atoms with E-state index in [1.807, 2.05) is 0 Å². The maximum Gasteiger partial charge on any atom is 0.111 e. The number of hydrogen-bond donors (Lipinski definition) is 0. The van der Waals surface area contributed by atoms with E-state index in [9.17, 15) is 0 Å². The van der Waals surface area contributed by atoms with Gasteiger partial charge in [0.05, 0.1) is 17.1 Å². The topological polar surface area (TPSA) is 21.1 Å². The summed E-state index contributed by atoms with van der Waals surface area (Å²) in [6.07, 6.45) is 4.78. The Morgan fingerprint density at radius 2 is 2.14 bits per heavy atom. The van der Waals surface area contributed by atoms with Crippen LogP contribution < -0.4 is 0 Å². The summed E-state index contributed by atoms with van der Waals surface area (Å²) in [5, 5.41) is 0. The number of rotatable bonds is 3. The van der Waals surface area contributed by atoms with Crippen molar-refractivity contribution < 1.29 is 0 Å². The fourth-order valence-corrected chi connectivity index (χ4v) is 4.51. The summed E-state index contributed by atoms with van der Waals surface area (Å²) >= 11 is 6.03. The monoisotopic (exact) mass is 303 g/mol. The third-order valence-electron chi connectivity index (χ3n) is 5.21. The average molecular weight is 304 g/mol. The van der Waals surface area contributed by atoms with Crippen LogP contribution in [-0.4, -0.2) is 39.5 Å². The second-order valence-corrected chi connectivity index (χ2v) is 6.76. The van der Waals surface area contributed by atoms with Crippen molar-refractivity contribution in [3.05, 3.63) is 29.6 Å². The van der Waals surface area contributed by atoms with Crippen LogP contribution in [0.4, 0.5) is 0 Å². The van der Waals surface area contributed by atoms with Gasteiger partial charge in [-0.3, -0.25) is 4.90 Å². The number of hydrogen-bond acceptors (Lipinski definition) is 2. The number of halogens is 1. The number of aryl methyl sites for hydroxylation is 2. The molecule has 2 unspecified atom stereocenters. The minimum absolute atomic E-state index is 0.580. The molecule has 0 radical (unpaired) electrons. The fourth-order valence-electron chi connectivity index (χ4n) is 4.34.